The van der Waals surface area contributed by atoms with E-state index >= 15 is 0 Å². The van der Waals surface area contributed by atoms with Crippen LogP contribution in [0, 0.1) is 0 Å². The number of aromatic nitrogens is 1. The third-order valence-corrected chi connectivity index (χ3v) is 6.78. The van der Waals surface area contributed by atoms with Gasteiger partial charge in [0.1, 0.15) is 0 Å². The molecule has 1 fully saturated rings. The number of piperidine rings is 1. The van der Waals surface area contributed by atoms with Crippen molar-refractivity contribution in [2.24, 2.45) is 0 Å². The molecule has 7 heteroatoms. The lowest BCUT2D eigenvalue weighted by molar-refractivity contribution is -0.132. The Bertz CT molecular complexity index is 860. The molecule has 2 amide bonds. The van der Waals surface area contributed by atoms with Crippen LogP contribution in [0.2, 0.25) is 0 Å². The summed E-state index contributed by atoms with van der Waals surface area (Å²) in [6.07, 6.45) is 5.21. The van der Waals surface area contributed by atoms with Gasteiger partial charge in [-0.3, -0.25) is 9.59 Å². The van der Waals surface area contributed by atoms with E-state index in [0.29, 0.717) is 17.6 Å². The Balaban J connectivity index is 1.45. The summed E-state index contributed by atoms with van der Waals surface area (Å²) in [6.45, 7) is 4.30. The third kappa shape index (κ3) is 4.10. The fourth-order valence-electron chi connectivity index (χ4n) is 4.23. The molecule has 3 heterocycles. The standard InChI is InChI=1S/C21H26N4O2S/c1-14(26)25-11-8-15-4-2-3-5-17(15)18(25)12-20(27)24-21-23-13-19(28-21)16-6-9-22-10-7-16/h2-5,13,16,18,22H,6-12H2,1H3,(H,23,24,27). The highest BCUT2D eigenvalue weighted by Gasteiger charge is 2.30. The average Bonchev–Trinajstić information content (AvgIpc) is 3.17. The smallest absolute Gasteiger partial charge is 0.228 e. The lowest BCUT2D eigenvalue weighted by atomic mass is 9.90. The Morgan fingerprint density at radius 2 is 2.07 bits per heavy atom. The van der Waals surface area contributed by atoms with E-state index in [2.05, 4.69) is 21.7 Å². The molecule has 1 saturated heterocycles. The Hall–Kier alpha value is -2.25. The normalized spacial score (nSPS) is 19.9. The van der Waals surface area contributed by atoms with Gasteiger partial charge in [-0.2, -0.15) is 0 Å². The number of amides is 2. The molecule has 2 aromatic rings. The average molecular weight is 399 g/mol. The van der Waals surface area contributed by atoms with Crippen LogP contribution < -0.4 is 10.6 Å². The molecular weight excluding hydrogens is 372 g/mol. The van der Waals surface area contributed by atoms with Gasteiger partial charge >= 0.3 is 0 Å². The zero-order valence-corrected chi connectivity index (χ0v) is 16.9. The van der Waals surface area contributed by atoms with Gasteiger partial charge in [0.2, 0.25) is 11.8 Å². The van der Waals surface area contributed by atoms with Gasteiger partial charge in [-0.25, -0.2) is 4.98 Å². The van der Waals surface area contributed by atoms with Crippen LogP contribution in [-0.4, -0.2) is 41.3 Å². The van der Waals surface area contributed by atoms with E-state index in [1.807, 2.05) is 29.3 Å². The molecule has 0 saturated carbocycles. The van der Waals surface area contributed by atoms with Crippen molar-refractivity contribution < 1.29 is 9.59 Å². The quantitative estimate of drug-likeness (QED) is 0.830. The van der Waals surface area contributed by atoms with Crippen molar-refractivity contribution in [1.29, 1.82) is 0 Å². The van der Waals surface area contributed by atoms with Crippen LogP contribution in [0.3, 0.4) is 0 Å². The Labute approximate surface area is 169 Å². The molecule has 1 atom stereocenters. The predicted octanol–water partition coefficient (Wildman–Crippen LogP) is 3.08. The summed E-state index contributed by atoms with van der Waals surface area (Å²) in [5.41, 5.74) is 2.30. The van der Waals surface area contributed by atoms with Crippen LogP contribution in [0.4, 0.5) is 5.13 Å². The maximum Gasteiger partial charge on any atom is 0.228 e. The predicted molar refractivity (Wildman–Crippen MR) is 110 cm³/mol. The van der Waals surface area contributed by atoms with E-state index in [4.69, 9.17) is 0 Å². The molecule has 2 aliphatic rings. The van der Waals surface area contributed by atoms with Crippen LogP contribution in [-0.2, 0) is 16.0 Å². The van der Waals surface area contributed by atoms with Gasteiger partial charge in [-0.05, 0) is 49.4 Å². The van der Waals surface area contributed by atoms with E-state index in [1.54, 1.807) is 18.3 Å². The SMILES string of the molecule is CC(=O)N1CCc2ccccc2C1CC(=O)Nc1ncc(C2CCNCC2)s1. The van der Waals surface area contributed by atoms with E-state index < -0.39 is 0 Å². The van der Waals surface area contributed by atoms with Crippen LogP contribution >= 0.6 is 11.3 Å². The minimum Gasteiger partial charge on any atom is -0.335 e. The summed E-state index contributed by atoms with van der Waals surface area (Å²) in [5.74, 6) is 0.441. The molecule has 2 N–H and O–H groups in total. The first-order chi connectivity index (χ1) is 13.6. The van der Waals surface area contributed by atoms with Crippen LogP contribution in [0.1, 0.15) is 54.1 Å². The van der Waals surface area contributed by atoms with E-state index in [1.165, 1.54) is 10.4 Å². The van der Waals surface area contributed by atoms with Crippen molar-refractivity contribution in [3.8, 4) is 0 Å². The van der Waals surface area contributed by atoms with Crippen molar-refractivity contribution in [2.75, 3.05) is 25.0 Å². The van der Waals surface area contributed by atoms with Gasteiger partial charge < -0.3 is 15.5 Å². The van der Waals surface area contributed by atoms with Crippen molar-refractivity contribution in [2.45, 2.75) is 44.6 Å². The van der Waals surface area contributed by atoms with Crippen LogP contribution in [0.15, 0.2) is 30.5 Å². The van der Waals surface area contributed by atoms with Gasteiger partial charge in [-0.15, -0.1) is 11.3 Å². The molecule has 0 radical (unpaired) electrons. The summed E-state index contributed by atoms with van der Waals surface area (Å²) in [6, 6.07) is 7.88. The lowest BCUT2D eigenvalue weighted by Crippen LogP contribution is -2.40. The summed E-state index contributed by atoms with van der Waals surface area (Å²) in [7, 11) is 0. The first-order valence-corrected chi connectivity index (χ1v) is 10.7. The zero-order valence-electron chi connectivity index (χ0n) is 16.1. The number of nitrogens with one attached hydrogen (secondary N) is 2. The topological polar surface area (TPSA) is 74.3 Å². The second kappa shape index (κ2) is 8.41. The molecule has 1 aromatic heterocycles. The highest BCUT2D eigenvalue weighted by Crippen LogP contribution is 2.34. The molecule has 1 aromatic carbocycles. The molecule has 0 aliphatic carbocycles. The fourth-order valence-corrected chi connectivity index (χ4v) is 5.24. The second-order valence-corrected chi connectivity index (χ2v) is 8.58. The molecule has 4 rings (SSSR count). The number of anilines is 1. The van der Waals surface area contributed by atoms with Crippen molar-refractivity contribution in [1.82, 2.24) is 15.2 Å². The largest absolute Gasteiger partial charge is 0.335 e. The molecule has 6 nitrogen and oxygen atoms in total. The highest BCUT2D eigenvalue weighted by atomic mass is 32.1. The van der Waals surface area contributed by atoms with Gasteiger partial charge in [-0.1, -0.05) is 24.3 Å². The second-order valence-electron chi connectivity index (χ2n) is 7.52. The lowest BCUT2D eigenvalue weighted by Gasteiger charge is -2.36. The minimum atomic E-state index is -0.216. The number of carbonyl (C=O) groups excluding carboxylic acids is 2. The summed E-state index contributed by atoms with van der Waals surface area (Å²) in [5, 5.41) is 6.98. The van der Waals surface area contributed by atoms with Crippen molar-refractivity contribution >= 4 is 28.3 Å². The number of fused-ring (bicyclic) bond motifs is 1. The summed E-state index contributed by atoms with van der Waals surface area (Å²) >= 11 is 1.57. The zero-order chi connectivity index (χ0) is 19.5. The Kier molecular flexibility index (Phi) is 5.73. The molecule has 28 heavy (non-hydrogen) atoms. The fraction of sp³-hybridized carbons (Fsp3) is 0.476. The maximum absolute atomic E-state index is 12.8. The Morgan fingerprint density at radius 1 is 1.29 bits per heavy atom. The van der Waals surface area contributed by atoms with Gasteiger partial charge in [0.25, 0.3) is 0 Å². The molecule has 148 valence electrons. The van der Waals surface area contributed by atoms with Gasteiger partial charge in [0.15, 0.2) is 5.13 Å². The first kappa shape index (κ1) is 19.1. The third-order valence-electron chi connectivity index (χ3n) is 5.71. The van der Waals surface area contributed by atoms with Gasteiger partial charge in [0.05, 0.1) is 12.5 Å². The molecular formula is C21H26N4O2S. The number of nitrogens with zero attached hydrogens (tertiary/aromatic N) is 2. The van der Waals surface area contributed by atoms with Crippen molar-refractivity contribution in [3.63, 3.8) is 0 Å². The van der Waals surface area contributed by atoms with Crippen LogP contribution in [0.5, 0.6) is 0 Å². The number of carbonyl (C=O) groups is 2. The highest BCUT2D eigenvalue weighted by molar-refractivity contribution is 7.15. The maximum atomic E-state index is 12.8. The number of thiazole rings is 1. The minimum absolute atomic E-state index is 0.00902. The Morgan fingerprint density at radius 3 is 2.86 bits per heavy atom. The monoisotopic (exact) mass is 398 g/mol. The summed E-state index contributed by atoms with van der Waals surface area (Å²) in [4.78, 5) is 32.3. The van der Waals surface area contributed by atoms with Gasteiger partial charge in [0, 0.05) is 24.5 Å². The molecule has 1 unspecified atom stereocenters. The van der Waals surface area contributed by atoms with Crippen LogP contribution in [0.25, 0.3) is 0 Å². The number of hydrogen-bond acceptors (Lipinski definition) is 5. The van der Waals surface area contributed by atoms with E-state index in [9.17, 15) is 9.59 Å². The van der Waals surface area contributed by atoms with E-state index in [0.717, 1.165) is 37.9 Å². The first-order valence-electron chi connectivity index (χ1n) is 9.93. The molecule has 0 spiro atoms. The van der Waals surface area contributed by atoms with Crippen molar-refractivity contribution in [3.05, 3.63) is 46.5 Å². The molecule has 0 bridgehead atoms. The summed E-state index contributed by atoms with van der Waals surface area (Å²) < 4.78 is 0. The number of hydrogen-bond donors (Lipinski definition) is 2. The molecule has 2 aliphatic heterocycles. The van der Waals surface area contributed by atoms with E-state index in [-0.39, 0.29) is 24.3 Å². The number of rotatable bonds is 4. The number of benzene rings is 1.